The van der Waals surface area contributed by atoms with Crippen molar-refractivity contribution in [2.45, 2.75) is 50.7 Å². The van der Waals surface area contributed by atoms with Crippen molar-refractivity contribution in [1.82, 2.24) is 24.3 Å². The van der Waals surface area contributed by atoms with Gasteiger partial charge < -0.3 is 4.74 Å². The van der Waals surface area contributed by atoms with Crippen LogP contribution in [0, 0.1) is 12.7 Å². The molecule has 0 bridgehead atoms. The molecule has 0 spiro atoms. The van der Waals surface area contributed by atoms with Gasteiger partial charge in [-0.25, -0.2) is 9.37 Å². The summed E-state index contributed by atoms with van der Waals surface area (Å²) in [6.07, 6.45) is 7.66. The van der Waals surface area contributed by atoms with E-state index in [1.165, 1.54) is 23.5 Å². The summed E-state index contributed by atoms with van der Waals surface area (Å²) in [6.45, 7) is 2.32. The highest BCUT2D eigenvalue weighted by Gasteiger charge is 2.30. The molecule has 9 heteroatoms. The van der Waals surface area contributed by atoms with E-state index in [4.69, 9.17) is 21.3 Å². The zero-order chi connectivity index (χ0) is 24.3. The number of benzene rings is 1. The second kappa shape index (κ2) is 8.53. The molecule has 7 nitrogen and oxygen atoms in total. The van der Waals surface area contributed by atoms with Gasteiger partial charge in [-0.3, -0.25) is 19.0 Å². The lowest BCUT2D eigenvalue weighted by Gasteiger charge is -2.29. The summed E-state index contributed by atoms with van der Waals surface area (Å²) >= 11 is 6.00. The van der Waals surface area contributed by atoms with Gasteiger partial charge in [-0.1, -0.05) is 11.6 Å². The predicted octanol–water partition coefficient (Wildman–Crippen LogP) is 5.26. The Labute approximate surface area is 206 Å². The molecule has 1 saturated heterocycles. The monoisotopic (exact) mass is 493 g/mol. The first-order chi connectivity index (χ1) is 16.9. The average molecular weight is 494 g/mol. The molecule has 2 atom stereocenters. The molecular weight excluding hydrogens is 469 g/mol. The molecule has 1 aromatic carbocycles. The number of fused-ring (bicyclic) bond motifs is 1. The maximum Gasteiger partial charge on any atom is 0.261 e. The van der Waals surface area contributed by atoms with Crippen LogP contribution in [-0.2, 0) is 11.8 Å². The van der Waals surface area contributed by atoms with E-state index >= 15 is 4.39 Å². The van der Waals surface area contributed by atoms with Crippen LogP contribution in [0.1, 0.15) is 60.8 Å². The molecule has 180 valence electrons. The fourth-order valence-electron chi connectivity index (χ4n) is 4.83. The van der Waals surface area contributed by atoms with E-state index in [9.17, 15) is 4.79 Å². The molecule has 0 amide bonds. The molecule has 4 aromatic rings. The molecular formula is C26H25ClFN5O2. The SMILES string of the molecule is Cc1nc2c(-c3ccc(Cl)cc3F)nc([C@@H]3CCO[C@H](c4cnn(C5CC5)c4)C3)cc2c(=O)n1C. The minimum absolute atomic E-state index is 0.0440. The van der Waals surface area contributed by atoms with Crippen molar-refractivity contribution < 1.29 is 9.13 Å². The van der Waals surface area contributed by atoms with Crippen LogP contribution in [0.3, 0.4) is 0 Å². The van der Waals surface area contributed by atoms with Crippen LogP contribution >= 0.6 is 11.6 Å². The summed E-state index contributed by atoms with van der Waals surface area (Å²) in [5.41, 5.74) is 2.64. The number of aromatic nitrogens is 5. The van der Waals surface area contributed by atoms with E-state index in [0.29, 0.717) is 46.5 Å². The summed E-state index contributed by atoms with van der Waals surface area (Å²) in [4.78, 5) is 22.7. The molecule has 0 N–H and O–H groups in total. The highest BCUT2D eigenvalue weighted by molar-refractivity contribution is 6.30. The smallest absolute Gasteiger partial charge is 0.261 e. The summed E-state index contributed by atoms with van der Waals surface area (Å²) in [5, 5.41) is 5.23. The Balaban J connectivity index is 1.45. The molecule has 2 fully saturated rings. The van der Waals surface area contributed by atoms with Gasteiger partial charge in [0, 0.05) is 47.6 Å². The van der Waals surface area contributed by atoms with Gasteiger partial charge in [0.15, 0.2) is 0 Å². The van der Waals surface area contributed by atoms with Crippen LogP contribution < -0.4 is 5.56 Å². The standard InChI is InChI=1S/C26H25ClFN5O2/c1-14-30-25-20(26(34)32(14)2)11-22(31-24(25)19-6-3-17(27)10-21(19)28)15-7-8-35-23(9-15)16-12-29-33(13-16)18-4-5-18/h3,6,10-13,15,18,23H,4-5,7-9H2,1-2H3/t15-,23+/m1/s1. The van der Waals surface area contributed by atoms with Gasteiger partial charge in [-0.15, -0.1) is 0 Å². The molecule has 1 saturated carbocycles. The molecule has 1 aliphatic heterocycles. The maximum absolute atomic E-state index is 15.0. The van der Waals surface area contributed by atoms with E-state index in [0.717, 1.165) is 17.7 Å². The van der Waals surface area contributed by atoms with Crippen LogP contribution in [0.25, 0.3) is 22.2 Å². The van der Waals surface area contributed by atoms with Gasteiger partial charge in [0.05, 0.1) is 29.4 Å². The lowest BCUT2D eigenvalue weighted by molar-refractivity contribution is 0.00463. The summed E-state index contributed by atoms with van der Waals surface area (Å²) in [6, 6.07) is 6.80. The third kappa shape index (κ3) is 4.04. The van der Waals surface area contributed by atoms with Crippen LogP contribution in [-0.4, -0.2) is 30.9 Å². The lowest BCUT2D eigenvalue weighted by atomic mass is 9.89. The van der Waals surface area contributed by atoms with Crippen LogP contribution in [0.15, 0.2) is 41.5 Å². The average Bonchev–Trinajstić information content (AvgIpc) is 3.59. The van der Waals surface area contributed by atoms with Crippen molar-refractivity contribution in [3.05, 3.63) is 74.9 Å². The van der Waals surface area contributed by atoms with E-state index in [1.807, 2.05) is 16.9 Å². The minimum atomic E-state index is -0.499. The number of nitrogens with zero attached hydrogens (tertiary/aromatic N) is 5. The number of ether oxygens (including phenoxy) is 1. The third-order valence-corrected chi connectivity index (χ3v) is 7.34. The van der Waals surface area contributed by atoms with Crippen LogP contribution in [0.5, 0.6) is 0 Å². The Kier molecular flexibility index (Phi) is 5.45. The van der Waals surface area contributed by atoms with E-state index in [2.05, 4.69) is 16.3 Å². The van der Waals surface area contributed by atoms with Crippen molar-refractivity contribution in [1.29, 1.82) is 0 Å². The summed E-state index contributed by atoms with van der Waals surface area (Å²) in [5.74, 6) is 0.0787. The van der Waals surface area contributed by atoms with Crippen molar-refractivity contribution in [2.24, 2.45) is 7.05 Å². The Morgan fingerprint density at radius 3 is 2.77 bits per heavy atom. The topological polar surface area (TPSA) is 74.8 Å². The summed E-state index contributed by atoms with van der Waals surface area (Å²) < 4.78 is 24.6. The quantitative estimate of drug-likeness (QED) is 0.387. The summed E-state index contributed by atoms with van der Waals surface area (Å²) in [7, 11) is 1.69. The molecule has 4 heterocycles. The number of hydrogen-bond donors (Lipinski definition) is 0. The second-order valence-electron chi connectivity index (χ2n) is 9.50. The maximum atomic E-state index is 15.0. The Bertz CT molecular complexity index is 1510. The van der Waals surface area contributed by atoms with Crippen LogP contribution in [0.2, 0.25) is 5.02 Å². The molecule has 35 heavy (non-hydrogen) atoms. The highest BCUT2D eigenvalue weighted by atomic mass is 35.5. The highest BCUT2D eigenvalue weighted by Crippen LogP contribution is 2.40. The number of halogens is 2. The van der Waals surface area contributed by atoms with Crippen LogP contribution in [0.4, 0.5) is 4.39 Å². The zero-order valence-corrected chi connectivity index (χ0v) is 20.3. The zero-order valence-electron chi connectivity index (χ0n) is 19.5. The van der Waals surface area contributed by atoms with Crippen molar-refractivity contribution in [3.8, 4) is 11.3 Å². The largest absolute Gasteiger partial charge is 0.373 e. The number of aryl methyl sites for hydroxylation is 1. The van der Waals surface area contributed by atoms with E-state index in [1.54, 1.807) is 26.1 Å². The van der Waals surface area contributed by atoms with Crippen molar-refractivity contribution >= 4 is 22.5 Å². The van der Waals surface area contributed by atoms with Gasteiger partial charge in [0.1, 0.15) is 17.2 Å². The van der Waals surface area contributed by atoms with Gasteiger partial charge in [0.25, 0.3) is 5.56 Å². The molecule has 0 unspecified atom stereocenters. The molecule has 6 rings (SSSR count). The van der Waals surface area contributed by atoms with Crippen molar-refractivity contribution in [3.63, 3.8) is 0 Å². The fourth-order valence-corrected chi connectivity index (χ4v) is 4.99. The second-order valence-corrected chi connectivity index (χ2v) is 9.94. The molecule has 1 aliphatic carbocycles. The molecule has 3 aromatic heterocycles. The Morgan fingerprint density at radius 2 is 2.00 bits per heavy atom. The number of hydrogen-bond acceptors (Lipinski definition) is 5. The Morgan fingerprint density at radius 1 is 1.17 bits per heavy atom. The first-order valence-corrected chi connectivity index (χ1v) is 12.3. The first kappa shape index (κ1) is 22.4. The predicted molar refractivity (Wildman–Crippen MR) is 131 cm³/mol. The molecule has 0 radical (unpaired) electrons. The normalized spacial score (nSPS) is 20.5. The van der Waals surface area contributed by atoms with E-state index < -0.39 is 5.82 Å². The minimum Gasteiger partial charge on any atom is -0.373 e. The van der Waals surface area contributed by atoms with Gasteiger partial charge in [-0.05, 0) is 56.9 Å². The number of rotatable bonds is 4. The van der Waals surface area contributed by atoms with Gasteiger partial charge in [0.2, 0.25) is 0 Å². The first-order valence-electron chi connectivity index (χ1n) is 11.9. The number of pyridine rings is 1. The lowest BCUT2D eigenvalue weighted by Crippen LogP contribution is -2.23. The van der Waals surface area contributed by atoms with E-state index in [-0.39, 0.29) is 23.1 Å². The van der Waals surface area contributed by atoms with Gasteiger partial charge >= 0.3 is 0 Å². The third-order valence-electron chi connectivity index (χ3n) is 7.11. The van der Waals surface area contributed by atoms with Gasteiger partial charge in [-0.2, -0.15) is 5.10 Å². The fraction of sp³-hybridized carbons (Fsp3) is 0.385. The van der Waals surface area contributed by atoms with Crippen molar-refractivity contribution in [2.75, 3.05) is 6.61 Å². The molecule has 2 aliphatic rings. The Hall–Kier alpha value is -3.10.